The number of rotatable bonds is 2. The molecule has 2 rings (SSSR count). The van der Waals surface area contributed by atoms with Gasteiger partial charge in [0.2, 0.25) is 5.95 Å². The topological polar surface area (TPSA) is 70.8 Å². The average molecular weight is 209 g/mol. The van der Waals surface area contributed by atoms with Crippen LogP contribution in [0, 0.1) is 0 Å². The SMILES string of the molecule is CN(C)c1n[nH]c(-c2ccc(N)s2)n1. The maximum Gasteiger partial charge on any atom is 0.244 e. The Hall–Kier alpha value is -1.56. The van der Waals surface area contributed by atoms with Crippen LogP contribution in [0.3, 0.4) is 0 Å². The standard InChI is InChI=1S/C8H11N5S/c1-13(2)8-10-7(11-12-8)5-3-4-6(9)14-5/h3-4H,9H2,1-2H3,(H,10,11,12). The summed E-state index contributed by atoms with van der Waals surface area (Å²) in [6.07, 6.45) is 0. The predicted octanol–water partition coefficient (Wildman–Crippen LogP) is 1.18. The molecule has 0 saturated carbocycles. The van der Waals surface area contributed by atoms with Crippen LogP contribution in [0.25, 0.3) is 10.7 Å². The van der Waals surface area contributed by atoms with Crippen molar-refractivity contribution in [1.29, 1.82) is 0 Å². The molecule has 0 saturated heterocycles. The summed E-state index contributed by atoms with van der Waals surface area (Å²) < 4.78 is 0. The molecule has 3 N–H and O–H groups in total. The van der Waals surface area contributed by atoms with Gasteiger partial charge in [0, 0.05) is 14.1 Å². The molecule has 2 aromatic rings. The highest BCUT2D eigenvalue weighted by molar-refractivity contribution is 7.19. The van der Waals surface area contributed by atoms with E-state index in [1.165, 1.54) is 11.3 Å². The van der Waals surface area contributed by atoms with Crippen molar-refractivity contribution in [3.63, 3.8) is 0 Å². The highest BCUT2D eigenvalue weighted by Crippen LogP contribution is 2.27. The molecule has 0 unspecified atom stereocenters. The molecule has 0 aliphatic heterocycles. The van der Waals surface area contributed by atoms with Crippen LogP contribution in [0.2, 0.25) is 0 Å². The number of hydrogen-bond donors (Lipinski definition) is 2. The van der Waals surface area contributed by atoms with Crippen LogP contribution in [0.5, 0.6) is 0 Å². The fraction of sp³-hybridized carbons (Fsp3) is 0.250. The molecule has 74 valence electrons. The highest BCUT2D eigenvalue weighted by atomic mass is 32.1. The lowest BCUT2D eigenvalue weighted by Crippen LogP contribution is -2.10. The number of aromatic nitrogens is 3. The second-order valence-corrected chi connectivity index (χ2v) is 4.20. The molecule has 0 amide bonds. The molecule has 2 heterocycles. The molecule has 0 fully saturated rings. The Labute approximate surface area is 85.6 Å². The van der Waals surface area contributed by atoms with Gasteiger partial charge in [-0.3, -0.25) is 5.10 Å². The van der Waals surface area contributed by atoms with Crippen molar-refractivity contribution in [2.45, 2.75) is 0 Å². The first kappa shape index (κ1) is 9.01. The number of anilines is 2. The van der Waals surface area contributed by atoms with Gasteiger partial charge in [-0.25, -0.2) is 0 Å². The van der Waals surface area contributed by atoms with Crippen molar-refractivity contribution >= 4 is 22.3 Å². The second kappa shape index (κ2) is 3.30. The van der Waals surface area contributed by atoms with Gasteiger partial charge in [0.25, 0.3) is 0 Å². The van der Waals surface area contributed by atoms with Crippen LogP contribution in [-0.4, -0.2) is 29.3 Å². The lowest BCUT2D eigenvalue weighted by molar-refractivity contribution is 0.999. The Morgan fingerprint density at radius 1 is 1.43 bits per heavy atom. The Kier molecular flexibility index (Phi) is 2.12. The van der Waals surface area contributed by atoms with Gasteiger partial charge in [-0.15, -0.1) is 16.4 Å². The van der Waals surface area contributed by atoms with Crippen LogP contribution in [0.4, 0.5) is 10.9 Å². The summed E-state index contributed by atoms with van der Waals surface area (Å²) in [5.41, 5.74) is 5.63. The van der Waals surface area contributed by atoms with Crippen LogP contribution in [0.15, 0.2) is 12.1 Å². The molecule has 0 bridgehead atoms. The molecular weight excluding hydrogens is 198 g/mol. The summed E-state index contributed by atoms with van der Waals surface area (Å²) in [6.45, 7) is 0. The van der Waals surface area contributed by atoms with E-state index in [9.17, 15) is 0 Å². The molecule has 0 aromatic carbocycles. The number of H-pyrrole nitrogens is 1. The fourth-order valence-corrected chi connectivity index (χ4v) is 1.76. The molecule has 0 spiro atoms. The lowest BCUT2D eigenvalue weighted by Gasteiger charge is -2.03. The van der Waals surface area contributed by atoms with Crippen molar-refractivity contribution in [1.82, 2.24) is 15.2 Å². The minimum absolute atomic E-state index is 0.673. The van der Waals surface area contributed by atoms with E-state index in [1.807, 2.05) is 31.1 Å². The number of nitrogens with two attached hydrogens (primary N) is 1. The van der Waals surface area contributed by atoms with E-state index in [0.717, 1.165) is 15.7 Å². The highest BCUT2D eigenvalue weighted by Gasteiger charge is 2.08. The summed E-state index contributed by atoms with van der Waals surface area (Å²) in [5, 5.41) is 7.71. The Morgan fingerprint density at radius 3 is 2.71 bits per heavy atom. The van der Waals surface area contributed by atoms with E-state index in [0.29, 0.717) is 5.95 Å². The number of nitrogens with one attached hydrogen (secondary N) is 1. The van der Waals surface area contributed by atoms with Gasteiger partial charge in [0.1, 0.15) is 0 Å². The fourth-order valence-electron chi connectivity index (χ4n) is 1.04. The van der Waals surface area contributed by atoms with Gasteiger partial charge < -0.3 is 10.6 Å². The Balaban J connectivity index is 2.33. The van der Waals surface area contributed by atoms with Crippen molar-refractivity contribution in [2.75, 3.05) is 24.7 Å². The molecule has 2 aromatic heterocycles. The summed E-state index contributed by atoms with van der Waals surface area (Å²) in [7, 11) is 3.80. The van der Waals surface area contributed by atoms with Crippen molar-refractivity contribution < 1.29 is 0 Å². The summed E-state index contributed by atoms with van der Waals surface area (Å²) >= 11 is 1.49. The first-order valence-corrected chi connectivity index (χ1v) is 4.94. The molecular formula is C8H11N5S. The molecule has 0 aliphatic rings. The lowest BCUT2D eigenvalue weighted by atomic mass is 10.4. The quantitative estimate of drug-likeness (QED) is 0.779. The van der Waals surface area contributed by atoms with E-state index in [4.69, 9.17) is 5.73 Å². The van der Waals surface area contributed by atoms with Crippen molar-refractivity contribution in [3.8, 4) is 10.7 Å². The molecule has 5 nitrogen and oxygen atoms in total. The molecule has 6 heteroatoms. The molecule has 0 aliphatic carbocycles. The van der Waals surface area contributed by atoms with E-state index >= 15 is 0 Å². The summed E-state index contributed by atoms with van der Waals surface area (Å²) in [5.74, 6) is 1.43. The van der Waals surface area contributed by atoms with Gasteiger partial charge in [0.15, 0.2) is 5.82 Å². The minimum Gasteiger partial charge on any atom is -0.391 e. The van der Waals surface area contributed by atoms with Crippen molar-refractivity contribution in [3.05, 3.63) is 12.1 Å². The third-order valence-electron chi connectivity index (χ3n) is 1.73. The summed E-state index contributed by atoms with van der Waals surface area (Å²) in [4.78, 5) is 7.15. The van der Waals surface area contributed by atoms with Gasteiger partial charge >= 0.3 is 0 Å². The zero-order valence-corrected chi connectivity index (χ0v) is 8.80. The Morgan fingerprint density at radius 2 is 2.21 bits per heavy atom. The van der Waals surface area contributed by atoms with Gasteiger partial charge in [0.05, 0.1) is 9.88 Å². The molecule has 0 radical (unpaired) electrons. The normalized spacial score (nSPS) is 10.4. The number of aromatic amines is 1. The Bertz CT molecular complexity index is 430. The van der Waals surface area contributed by atoms with Crippen LogP contribution >= 0.6 is 11.3 Å². The van der Waals surface area contributed by atoms with Gasteiger partial charge in [-0.2, -0.15) is 4.98 Å². The van der Waals surface area contributed by atoms with Crippen LogP contribution < -0.4 is 10.6 Å². The predicted molar refractivity (Wildman–Crippen MR) is 58.4 cm³/mol. The maximum absolute atomic E-state index is 5.63. The number of hydrogen-bond acceptors (Lipinski definition) is 5. The van der Waals surface area contributed by atoms with E-state index in [2.05, 4.69) is 15.2 Å². The summed E-state index contributed by atoms with van der Waals surface area (Å²) in [6, 6.07) is 3.79. The van der Waals surface area contributed by atoms with Gasteiger partial charge in [-0.05, 0) is 12.1 Å². The van der Waals surface area contributed by atoms with E-state index in [1.54, 1.807) is 0 Å². The smallest absolute Gasteiger partial charge is 0.244 e. The number of nitrogens with zero attached hydrogens (tertiary/aromatic N) is 3. The van der Waals surface area contributed by atoms with Gasteiger partial charge in [-0.1, -0.05) is 0 Å². The maximum atomic E-state index is 5.63. The van der Waals surface area contributed by atoms with Crippen LogP contribution in [0.1, 0.15) is 0 Å². The number of thiophene rings is 1. The third kappa shape index (κ3) is 1.56. The molecule has 0 atom stereocenters. The zero-order chi connectivity index (χ0) is 10.1. The van der Waals surface area contributed by atoms with Crippen molar-refractivity contribution in [2.24, 2.45) is 0 Å². The van der Waals surface area contributed by atoms with E-state index < -0.39 is 0 Å². The largest absolute Gasteiger partial charge is 0.391 e. The van der Waals surface area contributed by atoms with Crippen LogP contribution in [-0.2, 0) is 0 Å². The molecule has 14 heavy (non-hydrogen) atoms. The number of nitrogen functional groups attached to an aromatic ring is 1. The first-order valence-electron chi connectivity index (χ1n) is 4.12. The second-order valence-electron chi connectivity index (χ2n) is 3.08. The first-order chi connectivity index (χ1) is 6.66. The van der Waals surface area contributed by atoms with E-state index in [-0.39, 0.29) is 0 Å². The third-order valence-corrected chi connectivity index (χ3v) is 2.65. The monoisotopic (exact) mass is 209 g/mol. The minimum atomic E-state index is 0.673. The zero-order valence-electron chi connectivity index (χ0n) is 7.98. The average Bonchev–Trinajstić information content (AvgIpc) is 2.70.